The fraction of sp³-hybridized carbons (Fsp3) is 0.560. The number of rotatable bonds is 5. The highest BCUT2D eigenvalue weighted by atomic mass is 16.6. The molecule has 1 aliphatic rings. The highest BCUT2D eigenvalue weighted by Crippen LogP contribution is 2.26. The highest BCUT2D eigenvalue weighted by Gasteiger charge is 2.44. The van der Waals surface area contributed by atoms with Crippen LogP contribution in [0.15, 0.2) is 24.3 Å². The molecule has 3 N–H and O–H groups in total. The Kier molecular flexibility index (Phi) is 8.15. The number of amides is 3. The molecule has 1 saturated heterocycles. The summed E-state index contributed by atoms with van der Waals surface area (Å²) in [5.41, 5.74) is 0.228. The molecule has 33 heavy (non-hydrogen) atoms. The Morgan fingerprint density at radius 2 is 1.79 bits per heavy atom. The van der Waals surface area contributed by atoms with Crippen LogP contribution in [0.1, 0.15) is 59.1 Å². The predicted octanol–water partition coefficient (Wildman–Crippen LogP) is 2.19. The number of carbonyl (C=O) groups is 3. The number of benzene rings is 1. The molecule has 0 bridgehead atoms. The molecule has 180 valence electrons. The summed E-state index contributed by atoms with van der Waals surface area (Å²) in [6, 6.07) is 5.43. The summed E-state index contributed by atoms with van der Waals surface area (Å²) in [6.45, 7) is 10.9. The molecule has 8 nitrogen and oxygen atoms in total. The number of hydrogen-bond acceptors (Lipinski definition) is 5. The van der Waals surface area contributed by atoms with Crippen molar-refractivity contribution in [1.29, 1.82) is 0 Å². The number of aliphatic hydroxyl groups is 1. The molecule has 1 fully saturated rings. The van der Waals surface area contributed by atoms with E-state index in [1.54, 1.807) is 32.9 Å². The molecule has 1 aromatic carbocycles. The van der Waals surface area contributed by atoms with Crippen LogP contribution in [0.5, 0.6) is 0 Å². The maximum absolute atomic E-state index is 13.4. The van der Waals surface area contributed by atoms with Crippen LogP contribution in [0, 0.1) is 17.8 Å². The summed E-state index contributed by atoms with van der Waals surface area (Å²) in [6.07, 6.45) is 3.94. The zero-order chi connectivity index (χ0) is 25.0. The van der Waals surface area contributed by atoms with E-state index in [1.807, 2.05) is 32.9 Å². The minimum absolute atomic E-state index is 0.0103. The molecule has 0 aromatic heterocycles. The second-order valence-corrected chi connectivity index (χ2v) is 10.4. The van der Waals surface area contributed by atoms with Crippen molar-refractivity contribution in [2.24, 2.45) is 5.41 Å². The zero-order valence-corrected chi connectivity index (χ0v) is 20.3. The van der Waals surface area contributed by atoms with Crippen LogP contribution < -0.4 is 10.6 Å². The van der Waals surface area contributed by atoms with E-state index >= 15 is 0 Å². The molecule has 0 unspecified atom stereocenters. The van der Waals surface area contributed by atoms with Crippen molar-refractivity contribution in [2.75, 3.05) is 6.54 Å². The van der Waals surface area contributed by atoms with E-state index in [9.17, 15) is 19.5 Å². The second-order valence-electron chi connectivity index (χ2n) is 10.4. The van der Waals surface area contributed by atoms with Crippen LogP contribution in [-0.4, -0.2) is 58.2 Å². The fourth-order valence-electron chi connectivity index (χ4n) is 3.57. The lowest BCUT2D eigenvalue weighted by molar-refractivity contribution is -0.142. The van der Waals surface area contributed by atoms with Crippen molar-refractivity contribution < 1.29 is 24.2 Å². The Morgan fingerprint density at radius 1 is 1.18 bits per heavy atom. The van der Waals surface area contributed by atoms with Gasteiger partial charge in [-0.25, -0.2) is 4.79 Å². The summed E-state index contributed by atoms with van der Waals surface area (Å²) in [5, 5.41) is 15.7. The maximum Gasteiger partial charge on any atom is 0.408 e. The van der Waals surface area contributed by atoms with Gasteiger partial charge in [0, 0.05) is 25.1 Å². The van der Waals surface area contributed by atoms with Gasteiger partial charge in [0.15, 0.2) is 0 Å². The Labute approximate surface area is 196 Å². The van der Waals surface area contributed by atoms with Crippen molar-refractivity contribution in [3.05, 3.63) is 35.4 Å². The molecule has 1 aliphatic heterocycles. The Morgan fingerprint density at radius 3 is 2.30 bits per heavy atom. The van der Waals surface area contributed by atoms with Crippen molar-refractivity contribution >= 4 is 17.9 Å². The van der Waals surface area contributed by atoms with E-state index in [0.717, 1.165) is 11.1 Å². The van der Waals surface area contributed by atoms with Crippen molar-refractivity contribution in [3.63, 3.8) is 0 Å². The monoisotopic (exact) mass is 457 g/mol. The average Bonchev–Trinajstić information content (AvgIpc) is 3.10. The third kappa shape index (κ3) is 7.50. The van der Waals surface area contributed by atoms with Crippen LogP contribution in [0.4, 0.5) is 4.79 Å². The number of ether oxygens (including phenoxy) is 1. The molecule has 0 saturated carbocycles. The lowest BCUT2D eigenvalue weighted by Gasteiger charge is -2.35. The average molecular weight is 458 g/mol. The quantitative estimate of drug-likeness (QED) is 0.588. The van der Waals surface area contributed by atoms with E-state index in [4.69, 9.17) is 11.2 Å². The van der Waals surface area contributed by atoms with E-state index < -0.39 is 41.2 Å². The van der Waals surface area contributed by atoms with Gasteiger partial charge in [0.1, 0.15) is 17.7 Å². The van der Waals surface area contributed by atoms with Crippen molar-refractivity contribution in [2.45, 2.75) is 78.3 Å². The number of nitrogens with zero attached hydrogens (tertiary/aromatic N) is 1. The van der Waals surface area contributed by atoms with E-state index in [0.29, 0.717) is 0 Å². The molecule has 2 rings (SSSR count). The Hall–Kier alpha value is -3.05. The van der Waals surface area contributed by atoms with Crippen LogP contribution in [-0.2, 0) is 20.9 Å². The number of hydrogen-bond donors (Lipinski definition) is 3. The van der Waals surface area contributed by atoms with Gasteiger partial charge < -0.3 is 25.4 Å². The molecule has 8 heteroatoms. The first-order valence-corrected chi connectivity index (χ1v) is 11.0. The number of β-amino-alcohol motifs (C(OH)–C–C–N with tert-alkyl or cyclic N) is 1. The summed E-state index contributed by atoms with van der Waals surface area (Å²) in [4.78, 5) is 40.1. The topological polar surface area (TPSA) is 108 Å². The standard InChI is InChI=1S/C25H35N3O5/c1-8-16-9-11-17(12-10-16)14-26-21(30)19-13-18(29)15-28(19)22(31)20(24(2,3)4)27-23(32)33-25(5,6)7/h1,9-12,18-20,29H,13-15H2,2-7H3,(H,26,30)(H,27,32)/t18-,19-,20+/m0/s1. The number of aliphatic hydroxyl groups excluding tert-OH is 1. The normalized spacial score (nSPS) is 19.4. The first kappa shape index (κ1) is 26.2. The molecular formula is C25H35N3O5. The Bertz CT molecular complexity index is 906. The molecule has 0 radical (unpaired) electrons. The molecule has 3 amide bonds. The number of alkyl carbamates (subject to hydrolysis) is 1. The van der Waals surface area contributed by atoms with Crippen LogP contribution >= 0.6 is 0 Å². The maximum atomic E-state index is 13.4. The van der Waals surface area contributed by atoms with Gasteiger partial charge in [-0.1, -0.05) is 38.8 Å². The van der Waals surface area contributed by atoms with Crippen molar-refractivity contribution in [1.82, 2.24) is 15.5 Å². The van der Waals surface area contributed by atoms with Crippen LogP contribution in [0.25, 0.3) is 0 Å². The highest BCUT2D eigenvalue weighted by molar-refractivity contribution is 5.92. The number of nitrogens with one attached hydrogen (secondary N) is 2. The second kappa shape index (κ2) is 10.3. The van der Waals surface area contributed by atoms with Gasteiger partial charge in [-0.3, -0.25) is 9.59 Å². The van der Waals surface area contributed by atoms with Gasteiger partial charge in [-0.05, 0) is 43.9 Å². The minimum atomic E-state index is -0.941. The molecule has 1 aromatic rings. The molecular weight excluding hydrogens is 422 g/mol. The van der Waals surface area contributed by atoms with Gasteiger partial charge in [-0.15, -0.1) is 6.42 Å². The first-order chi connectivity index (χ1) is 15.2. The van der Waals surface area contributed by atoms with E-state index in [1.165, 1.54) is 4.90 Å². The summed E-state index contributed by atoms with van der Waals surface area (Å²) >= 11 is 0. The van der Waals surface area contributed by atoms with Gasteiger partial charge in [0.25, 0.3) is 0 Å². The molecule has 0 spiro atoms. The molecule has 3 atom stereocenters. The van der Waals surface area contributed by atoms with Crippen molar-refractivity contribution in [3.8, 4) is 12.3 Å². The number of likely N-dealkylation sites (tertiary alicyclic amines) is 1. The molecule has 1 heterocycles. The largest absolute Gasteiger partial charge is 0.444 e. The lowest BCUT2D eigenvalue weighted by atomic mass is 9.85. The first-order valence-electron chi connectivity index (χ1n) is 11.0. The van der Waals surface area contributed by atoms with Gasteiger partial charge in [0.05, 0.1) is 6.10 Å². The summed E-state index contributed by atoms with van der Waals surface area (Å²) in [7, 11) is 0. The third-order valence-corrected chi connectivity index (χ3v) is 5.23. The third-order valence-electron chi connectivity index (χ3n) is 5.23. The summed E-state index contributed by atoms with van der Waals surface area (Å²) < 4.78 is 5.31. The summed E-state index contributed by atoms with van der Waals surface area (Å²) in [5.74, 6) is 1.73. The lowest BCUT2D eigenvalue weighted by Crippen LogP contribution is -2.58. The predicted molar refractivity (Wildman–Crippen MR) is 125 cm³/mol. The van der Waals surface area contributed by atoms with Gasteiger partial charge in [-0.2, -0.15) is 0 Å². The van der Waals surface area contributed by atoms with Crippen LogP contribution in [0.3, 0.4) is 0 Å². The smallest absolute Gasteiger partial charge is 0.408 e. The number of carbonyl (C=O) groups excluding carboxylic acids is 3. The zero-order valence-electron chi connectivity index (χ0n) is 20.3. The molecule has 0 aliphatic carbocycles. The van der Waals surface area contributed by atoms with E-state index in [-0.39, 0.29) is 25.4 Å². The number of terminal acetylenes is 1. The van der Waals surface area contributed by atoms with Crippen LogP contribution in [0.2, 0.25) is 0 Å². The SMILES string of the molecule is C#Cc1ccc(CNC(=O)[C@@H]2C[C@H](O)CN2C(=O)[C@@H](NC(=O)OC(C)(C)C)C(C)(C)C)cc1. The van der Waals surface area contributed by atoms with E-state index in [2.05, 4.69) is 16.6 Å². The Balaban J connectivity index is 2.13. The minimum Gasteiger partial charge on any atom is -0.444 e. The van der Waals surface area contributed by atoms with Gasteiger partial charge in [0.2, 0.25) is 11.8 Å². The van der Waals surface area contributed by atoms with Gasteiger partial charge >= 0.3 is 6.09 Å². The fourth-order valence-corrected chi connectivity index (χ4v) is 3.57.